The Morgan fingerprint density at radius 2 is 2.16 bits per heavy atom. The van der Waals surface area contributed by atoms with Gasteiger partial charge in [-0.1, -0.05) is 11.6 Å². The highest BCUT2D eigenvalue weighted by molar-refractivity contribution is 6.35. The fraction of sp³-hybridized carbons (Fsp3) is 0.444. The van der Waals surface area contributed by atoms with Crippen LogP contribution in [-0.2, 0) is 4.79 Å². The number of hydrogen-bond acceptors (Lipinski definition) is 5. The molecule has 1 aliphatic heterocycles. The molecular weight excluding hydrogens is 340 g/mol. The van der Waals surface area contributed by atoms with Crippen molar-refractivity contribution in [3.05, 3.63) is 35.5 Å². The first-order valence-corrected chi connectivity index (χ1v) is 8.97. The van der Waals surface area contributed by atoms with Gasteiger partial charge in [0, 0.05) is 44.3 Å². The van der Waals surface area contributed by atoms with E-state index in [1.54, 1.807) is 18.3 Å². The predicted octanol–water partition coefficient (Wildman–Crippen LogP) is 1.68. The first-order valence-electron chi connectivity index (χ1n) is 8.60. The van der Waals surface area contributed by atoms with Crippen LogP contribution >= 0.6 is 11.6 Å². The molecule has 25 heavy (non-hydrogen) atoms. The van der Waals surface area contributed by atoms with Gasteiger partial charge in [0.1, 0.15) is 11.3 Å². The molecule has 3 rings (SSSR count). The van der Waals surface area contributed by atoms with Crippen LogP contribution in [0.15, 0.2) is 30.5 Å². The molecule has 1 amide bonds. The highest BCUT2D eigenvalue weighted by atomic mass is 35.5. The van der Waals surface area contributed by atoms with Crippen LogP contribution in [0.5, 0.6) is 5.75 Å². The van der Waals surface area contributed by atoms with Crippen LogP contribution in [-0.4, -0.2) is 61.7 Å². The monoisotopic (exact) mass is 362 g/mol. The van der Waals surface area contributed by atoms with Crippen LogP contribution in [0.25, 0.3) is 10.9 Å². The normalized spacial score (nSPS) is 15.2. The summed E-state index contributed by atoms with van der Waals surface area (Å²) in [7, 11) is 0. The summed E-state index contributed by atoms with van der Waals surface area (Å²) < 4.78 is 5.63. The fourth-order valence-electron chi connectivity index (χ4n) is 2.89. The Labute approximate surface area is 152 Å². The number of hydrogen-bond donors (Lipinski definition) is 2. The molecule has 0 radical (unpaired) electrons. The average molecular weight is 363 g/mol. The van der Waals surface area contributed by atoms with E-state index in [2.05, 4.69) is 20.5 Å². The molecule has 0 atom stereocenters. The van der Waals surface area contributed by atoms with Crippen LogP contribution in [0, 0.1) is 0 Å². The minimum Gasteiger partial charge on any atom is -0.481 e. The molecule has 1 aliphatic rings. The number of pyridine rings is 1. The second-order valence-corrected chi connectivity index (χ2v) is 6.44. The molecule has 7 heteroatoms. The second kappa shape index (κ2) is 8.99. The third-order valence-electron chi connectivity index (χ3n) is 4.22. The SMILES string of the molecule is O=C(COc1ccc(Cl)c2cccnc12)NCCCN1CCNCC1. The Balaban J connectivity index is 1.42. The molecule has 6 nitrogen and oxygen atoms in total. The van der Waals surface area contributed by atoms with E-state index in [9.17, 15) is 4.79 Å². The lowest BCUT2D eigenvalue weighted by Crippen LogP contribution is -2.44. The van der Waals surface area contributed by atoms with Gasteiger partial charge in [-0.15, -0.1) is 0 Å². The number of fused-ring (bicyclic) bond motifs is 1. The lowest BCUT2D eigenvalue weighted by atomic mass is 10.2. The van der Waals surface area contributed by atoms with E-state index >= 15 is 0 Å². The van der Waals surface area contributed by atoms with Gasteiger partial charge < -0.3 is 20.3 Å². The highest BCUT2D eigenvalue weighted by Gasteiger charge is 2.10. The van der Waals surface area contributed by atoms with E-state index in [-0.39, 0.29) is 12.5 Å². The van der Waals surface area contributed by atoms with E-state index in [1.807, 2.05) is 12.1 Å². The van der Waals surface area contributed by atoms with Gasteiger partial charge in [0.15, 0.2) is 6.61 Å². The summed E-state index contributed by atoms with van der Waals surface area (Å²) >= 11 is 6.16. The van der Waals surface area contributed by atoms with E-state index in [1.165, 1.54) is 0 Å². The molecule has 2 aromatic rings. The van der Waals surface area contributed by atoms with Crippen molar-refractivity contribution in [2.24, 2.45) is 0 Å². The Kier molecular flexibility index (Phi) is 6.44. The summed E-state index contributed by atoms with van der Waals surface area (Å²) in [5.41, 5.74) is 0.668. The first-order chi connectivity index (χ1) is 12.2. The van der Waals surface area contributed by atoms with Gasteiger partial charge >= 0.3 is 0 Å². The van der Waals surface area contributed by atoms with Gasteiger partial charge in [-0.3, -0.25) is 9.78 Å². The average Bonchev–Trinajstić information content (AvgIpc) is 2.66. The van der Waals surface area contributed by atoms with Gasteiger partial charge in [-0.2, -0.15) is 0 Å². The summed E-state index contributed by atoms with van der Waals surface area (Å²) in [5, 5.41) is 7.67. The Morgan fingerprint density at radius 3 is 3.00 bits per heavy atom. The zero-order valence-electron chi connectivity index (χ0n) is 14.1. The maximum Gasteiger partial charge on any atom is 0.257 e. The standard InChI is InChI=1S/C18H23ClN4O2/c19-15-4-5-16(18-14(15)3-1-6-22-18)25-13-17(24)21-7-2-10-23-11-8-20-9-12-23/h1,3-6,20H,2,7-13H2,(H,21,24). The molecule has 0 spiro atoms. The molecular formula is C18H23ClN4O2. The molecule has 1 fully saturated rings. The molecule has 2 heterocycles. The van der Waals surface area contributed by atoms with E-state index in [0.717, 1.165) is 44.5 Å². The molecule has 1 saturated heterocycles. The highest BCUT2D eigenvalue weighted by Crippen LogP contribution is 2.29. The third kappa shape index (κ3) is 5.04. The smallest absolute Gasteiger partial charge is 0.257 e. The Hall–Kier alpha value is -1.89. The van der Waals surface area contributed by atoms with Gasteiger partial charge in [-0.05, 0) is 37.2 Å². The van der Waals surface area contributed by atoms with Crippen LogP contribution < -0.4 is 15.4 Å². The van der Waals surface area contributed by atoms with Crippen molar-refractivity contribution in [1.82, 2.24) is 20.5 Å². The van der Waals surface area contributed by atoms with E-state index in [4.69, 9.17) is 16.3 Å². The number of nitrogens with zero attached hydrogens (tertiary/aromatic N) is 2. The van der Waals surface area contributed by atoms with Crippen LogP contribution in [0.4, 0.5) is 0 Å². The van der Waals surface area contributed by atoms with E-state index in [0.29, 0.717) is 22.8 Å². The molecule has 2 N–H and O–H groups in total. The van der Waals surface area contributed by atoms with Crippen LogP contribution in [0.1, 0.15) is 6.42 Å². The molecule has 1 aromatic heterocycles. The molecule has 0 aliphatic carbocycles. The number of ether oxygens (including phenoxy) is 1. The quantitative estimate of drug-likeness (QED) is 0.733. The number of benzene rings is 1. The molecule has 0 saturated carbocycles. The van der Waals surface area contributed by atoms with Crippen LogP contribution in [0.2, 0.25) is 5.02 Å². The van der Waals surface area contributed by atoms with Gasteiger partial charge in [0.05, 0.1) is 5.02 Å². The van der Waals surface area contributed by atoms with Gasteiger partial charge in [0.2, 0.25) is 0 Å². The van der Waals surface area contributed by atoms with E-state index < -0.39 is 0 Å². The molecule has 0 bridgehead atoms. The first kappa shape index (κ1) is 17.9. The van der Waals surface area contributed by atoms with Gasteiger partial charge in [0.25, 0.3) is 5.91 Å². The Morgan fingerprint density at radius 1 is 1.32 bits per heavy atom. The maximum absolute atomic E-state index is 12.0. The predicted molar refractivity (Wildman–Crippen MR) is 99.2 cm³/mol. The number of halogens is 1. The van der Waals surface area contributed by atoms with Crippen molar-refractivity contribution in [2.45, 2.75) is 6.42 Å². The third-order valence-corrected chi connectivity index (χ3v) is 4.55. The zero-order valence-corrected chi connectivity index (χ0v) is 14.9. The summed E-state index contributed by atoms with van der Waals surface area (Å²) in [6, 6.07) is 7.21. The van der Waals surface area contributed by atoms with Crippen molar-refractivity contribution in [1.29, 1.82) is 0 Å². The summed E-state index contributed by atoms with van der Waals surface area (Å²) in [6.45, 7) is 5.88. The lowest BCUT2D eigenvalue weighted by Gasteiger charge is -2.27. The maximum atomic E-state index is 12.0. The van der Waals surface area contributed by atoms with Crippen molar-refractivity contribution in [3.8, 4) is 5.75 Å². The van der Waals surface area contributed by atoms with Crippen LogP contribution in [0.3, 0.4) is 0 Å². The number of carbonyl (C=O) groups excluding carboxylic acids is 1. The summed E-state index contributed by atoms with van der Waals surface area (Å²) in [4.78, 5) is 18.7. The molecule has 0 unspecified atom stereocenters. The fourth-order valence-corrected chi connectivity index (χ4v) is 3.10. The zero-order chi connectivity index (χ0) is 17.5. The van der Waals surface area contributed by atoms with Crippen molar-refractivity contribution >= 4 is 28.4 Å². The second-order valence-electron chi connectivity index (χ2n) is 6.03. The largest absolute Gasteiger partial charge is 0.481 e. The number of carbonyl (C=O) groups is 1. The minimum absolute atomic E-state index is 0.0268. The number of rotatable bonds is 7. The number of nitrogens with one attached hydrogen (secondary N) is 2. The van der Waals surface area contributed by atoms with Crippen molar-refractivity contribution < 1.29 is 9.53 Å². The topological polar surface area (TPSA) is 66.5 Å². The molecule has 134 valence electrons. The number of amides is 1. The Bertz CT molecular complexity index is 719. The molecule has 1 aromatic carbocycles. The number of piperazine rings is 1. The van der Waals surface area contributed by atoms with Gasteiger partial charge in [-0.25, -0.2) is 0 Å². The summed E-state index contributed by atoms with van der Waals surface area (Å²) in [6.07, 6.45) is 2.62. The minimum atomic E-state index is -0.126. The lowest BCUT2D eigenvalue weighted by molar-refractivity contribution is -0.123. The van der Waals surface area contributed by atoms with Crippen molar-refractivity contribution in [3.63, 3.8) is 0 Å². The van der Waals surface area contributed by atoms with Crippen molar-refractivity contribution in [2.75, 3.05) is 45.9 Å². The number of aromatic nitrogens is 1. The summed E-state index contributed by atoms with van der Waals surface area (Å²) in [5.74, 6) is 0.440.